The summed E-state index contributed by atoms with van der Waals surface area (Å²) in [5.41, 5.74) is 0.549. The van der Waals surface area contributed by atoms with Gasteiger partial charge in [-0.3, -0.25) is 13.6 Å². The minimum absolute atomic E-state index is 0. The molecular formula is C12H11O4Rh. The van der Waals surface area contributed by atoms with Crippen molar-refractivity contribution in [3.05, 3.63) is 42.3 Å². The summed E-state index contributed by atoms with van der Waals surface area (Å²) in [5.74, 6) is -0.452. The Labute approximate surface area is 113 Å². The van der Waals surface area contributed by atoms with Crippen LogP contribution in [0.4, 0.5) is 0 Å². The molecule has 0 bridgehead atoms. The molecule has 1 aromatic rings. The SMILES string of the molecule is CC(=O)[CH-]C(=O)c1ccccc1.[CH-]=O.[CH-]=O.[Rh+3]. The van der Waals surface area contributed by atoms with Gasteiger partial charge < -0.3 is 19.2 Å². The van der Waals surface area contributed by atoms with E-state index in [-0.39, 0.29) is 31.0 Å². The van der Waals surface area contributed by atoms with E-state index in [1.807, 2.05) is 6.07 Å². The predicted octanol–water partition coefficient (Wildman–Crippen LogP) is 1.11. The zero-order valence-electron chi connectivity index (χ0n) is 9.09. The van der Waals surface area contributed by atoms with Gasteiger partial charge in [-0.05, 0) is 6.92 Å². The van der Waals surface area contributed by atoms with Crippen molar-refractivity contribution in [1.29, 1.82) is 0 Å². The second kappa shape index (κ2) is 14.4. The summed E-state index contributed by atoms with van der Waals surface area (Å²) in [4.78, 5) is 37.2. The molecular weight excluding hydrogens is 311 g/mol. The first-order valence-electron chi connectivity index (χ1n) is 4.12. The van der Waals surface area contributed by atoms with Crippen LogP contribution in [0.2, 0.25) is 0 Å². The third-order valence-corrected chi connectivity index (χ3v) is 1.39. The summed E-state index contributed by atoms with van der Waals surface area (Å²) in [5, 5.41) is 0. The van der Waals surface area contributed by atoms with Crippen molar-refractivity contribution in [3.63, 3.8) is 0 Å². The fourth-order valence-electron chi connectivity index (χ4n) is 0.870. The van der Waals surface area contributed by atoms with Crippen LogP contribution in [0, 0.1) is 6.42 Å². The van der Waals surface area contributed by atoms with Gasteiger partial charge in [-0.25, -0.2) is 0 Å². The average Bonchev–Trinajstić information content (AvgIpc) is 2.34. The monoisotopic (exact) mass is 322 g/mol. The number of ketones is 2. The van der Waals surface area contributed by atoms with Crippen molar-refractivity contribution in [3.8, 4) is 0 Å². The van der Waals surface area contributed by atoms with E-state index in [9.17, 15) is 9.59 Å². The molecule has 0 aliphatic rings. The normalized spacial score (nSPS) is 6.88. The van der Waals surface area contributed by atoms with Crippen molar-refractivity contribution in [2.45, 2.75) is 6.92 Å². The van der Waals surface area contributed by atoms with Gasteiger partial charge in [0.2, 0.25) is 0 Å². The molecule has 0 saturated heterocycles. The first kappa shape index (κ1) is 20.8. The number of carbonyl (C=O) groups excluding carboxylic acids is 4. The molecule has 17 heavy (non-hydrogen) atoms. The number of carbonyl (C=O) groups is 2. The minimum atomic E-state index is -0.233. The molecule has 0 heterocycles. The van der Waals surface area contributed by atoms with Crippen molar-refractivity contribution in [1.82, 2.24) is 0 Å². The Balaban J connectivity index is -0.000000355. The third kappa shape index (κ3) is 10.7. The van der Waals surface area contributed by atoms with E-state index < -0.39 is 0 Å². The van der Waals surface area contributed by atoms with Gasteiger partial charge in [-0.2, -0.15) is 0 Å². The molecule has 1 aromatic carbocycles. The molecule has 0 fully saturated rings. The number of rotatable bonds is 3. The fraction of sp³-hybridized carbons (Fsp3) is 0.0833. The van der Waals surface area contributed by atoms with Crippen molar-refractivity contribution < 1.29 is 38.7 Å². The van der Waals surface area contributed by atoms with Crippen molar-refractivity contribution in [2.75, 3.05) is 0 Å². The van der Waals surface area contributed by atoms with E-state index in [4.69, 9.17) is 9.59 Å². The van der Waals surface area contributed by atoms with E-state index in [0.29, 0.717) is 5.56 Å². The molecule has 0 unspecified atom stereocenters. The van der Waals surface area contributed by atoms with Crippen LogP contribution < -0.4 is 0 Å². The third-order valence-electron chi connectivity index (χ3n) is 1.39. The molecule has 5 heteroatoms. The Bertz CT molecular complexity index is 323. The Morgan fingerprint density at radius 3 is 1.76 bits per heavy atom. The Kier molecular flexibility index (Phi) is 17.6. The molecule has 0 aliphatic carbocycles. The smallest absolute Gasteiger partial charge is 0.545 e. The van der Waals surface area contributed by atoms with Crippen molar-refractivity contribution >= 4 is 25.1 Å². The van der Waals surface area contributed by atoms with Crippen LogP contribution in [0.15, 0.2) is 30.3 Å². The Hall–Kier alpha value is -1.61. The summed E-state index contributed by atoms with van der Waals surface area (Å²) in [6.07, 6.45) is 1.09. The fourth-order valence-corrected chi connectivity index (χ4v) is 0.870. The van der Waals surface area contributed by atoms with Gasteiger partial charge in [-0.1, -0.05) is 18.2 Å². The molecule has 0 aromatic heterocycles. The standard InChI is InChI=1S/C10H9O2.2CHO.Rh/c1-8(11)7-10(12)9-5-3-2-4-6-9;2*1-2;/h2-7H,1H3;2*1H;/q3*-1;+3. The Morgan fingerprint density at radius 1 is 1.00 bits per heavy atom. The van der Waals surface area contributed by atoms with Crippen LogP contribution >= 0.6 is 0 Å². The van der Waals surface area contributed by atoms with Crippen LogP contribution in [0.5, 0.6) is 0 Å². The number of hydrogen-bond acceptors (Lipinski definition) is 4. The summed E-state index contributed by atoms with van der Waals surface area (Å²) < 4.78 is 0. The largest absolute Gasteiger partial charge is 3.00 e. The van der Waals surface area contributed by atoms with E-state index in [2.05, 4.69) is 13.6 Å². The van der Waals surface area contributed by atoms with E-state index in [1.165, 1.54) is 6.92 Å². The van der Waals surface area contributed by atoms with Gasteiger partial charge >= 0.3 is 19.5 Å². The first-order chi connectivity index (χ1) is 7.70. The van der Waals surface area contributed by atoms with Gasteiger partial charge in [-0.15, -0.1) is 24.1 Å². The molecule has 0 aliphatic heterocycles. The molecule has 0 N–H and O–H groups in total. The van der Waals surface area contributed by atoms with E-state index >= 15 is 0 Å². The molecule has 0 amide bonds. The second-order valence-corrected chi connectivity index (χ2v) is 2.49. The molecule has 92 valence electrons. The number of Topliss-reactive ketones (excluding diaryl/α,β-unsaturated/α-hetero) is 2. The predicted molar refractivity (Wildman–Crippen MR) is 59.3 cm³/mol. The maximum absolute atomic E-state index is 11.2. The number of benzene rings is 1. The van der Waals surface area contributed by atoms with Gasteiger partial charge in [0.05, 0.1) is 5.78 Å². The molecule has 1 rings (SSSR count). The van der Waals surface area contributed by atoms with Gasteiger partial charge in [0.15, 0.2) is 0 Å². The van der Waals surface area contributed by atoms with Crippen LogP contribution in [0.25, 0.3) is 0 Å². The van der Waals surface area contributed by atoms with Crippen LogP contribution in [-0.4, -0.2) is 25.1 Å². The maximum atomic E-state index is 11.2. The molecule has 0 radical (unpaired) electrons. The molecule has 0 saturated carbocycles. The van der Waals surface area contributed by atoms with Gasteiger partial charge in [0, 0.05) is 5.78 Å². The van der Waals surface area contributed by atoms with E-state index in [0.717, 1.165) is 6.42 Å². The van der Waals surface area contributed by atoms with E-state index in [1.54, 1.807) is 24.3 Å². The topological polar surface area (TPSA) is 68.3 Å². The summed E-state index contributed by atoms with van der Waals surface area (Å²) >= 11 is 0. The molecule has 4 nitrogen and oxygen atoms in total. The quantitative estimate of drug-likeness (QED) is 0.275. The van der Waals surface area contributed by atoms with Gasteiger partial charge in [0.25, 0.3) is 0 Å². The van der Waals surface area contributed by atoms with Crippen LogP contribution in [0.3, 0.4) is 0 Å². The zero-order valence-corrected chi connectivity index (χ0v) is 10.7. The van der Waals surface area contributed by atoms with Crippen LogP contribution in [0.1, 0.15) is 17.3 Å². The van der Waals surface area contributed by atoms with Crippen LogP contribution in [-0.2, 0) is 33.9 Å². The average molecular weight is 322 g/mol. The molecule has 0 atom stereocenters. The zero-order chi connectivity index (χ0) is 13.0. The van der Waals surface area contributed by atoms with Crippen molar-refractivity contribution in [2.24, 2.45) is 0 Å². The summed E-state index contributed by atoms with van der Waals surface area (Å²) in [6.45, 7) is 7.86. The first-order valence-corrected chi connectivity index (χ1v) is 4.12. The summed E-state index contributed by atoms with van der Waals surface area (Å²) in [7, 11) is 0. The molecule has 0 spiro atoms. The Morgan fingerprint density at radius 2 is 1.41 bits per heavy atom. The van der Waals surface area contributed by atoms with Gasteiger partial charge in [0.1, 0.15) is 0 Å². The number of hydrogen-bond donors (Lipinski definition) is 0. The second-order valence-electron chi connectivity index (χ2n) is 2.49. The summed E-state index contributed by atoms with van der Waals surface area (Å²) in [6, 6.07) is 8.72. The minimum Gasteiger partial charge on any atom is -0.545 e. The maximum Gasteiger partial charge on any atom is 3.00 e.